The molecular formula is C12H21N3O3. The lowest BCUT2D eigenvalue weighted by molar-refractivity contribution is -0.137. The van der Waals surface area contributed by atoms with Crippen molar-refractivity contribution in [2.24, 2.45) is 0 Å². The molecule has 6 nitrogen and oxygen atoms in total. The number of amides is 2. The summed E-state index contributed by atoms with van der Waals surface area (Å²) < 4.78 is 0. The molecule has 0 aromatic carbocycles. The number of nitrogens with one attached hydrogen (secondary N) is 1. The van der Waals surface area contributed by atoms with Crippen LogP contribution in [0, 0.1) is 12.3 Å². The van der Waals surface area contributed by atoms with Crippen LogP contribution in [0.4, 0.5) is 4.79 Å². The van der Waals surface area contributed by atoms with Crippen molar-refractivity contribution in [3.8, 4) is 12.3 Å². The molecule has 0 saturated heterocycles. The highest BCUT2D eigenvalue weighted by Crippen LogP contribution is 2.07. The van der Waals surface area contributed by atoms with E-state index in [9.17, 15) is 9.59 Å². The molecule has 18 heavy (non-hydrogen) atoms. The van der Waals surface area contributed by atoms with Crippen molar-refractivity contribution in [2.45, 2.75) is 19.4 Å². The topological polar surface area (TPSA) is 72.9 Å². The van der Waals surface area contributed by atoms with Crippen LogP contribution in [-0.2, 0) is 4.79 Å². The van der Waals surface area contributed by atoms with Crippen LogP contribution >= 0.6 is 0 Å². The van der Waals surface area contributed by atoms with E-state index in [1.807, 2.05) is 32.8 Å². The number of carbonyl (C=O) groups excluding carboxylic acids is 1. The summed E-state index contributed by atoms with van der Waals surface area (Å²) in [5.74, 6) is 1.17. The minimum Gasteiger partial charge on any atom is -0.480 e. The summed E-state index contributed by atoms with van der Waals surface area (Å²) in [6.07, 6.45) is 5.10. The van der Waals surface area contributed by atoms with Gasteiger partial charge in [0.25, 0.3) is 0 Å². The number of rotatable bonds is 6. The molecule has 0 radical (unpaired) electrons. The lowest BCUT2D eigenvalue weighted by atomic mass is 10.0. The molecule has 0 aromatic rings. The second-order valence-corrected chi connectivity index (χ2v) is 4.82. The zero-order valence-corrected chi connectivity index (χ0v) is 11.4. The number of carboxylic acids is 1. The second-order valence-electron chi connectivity index (χ2n) is 4.82. The van der Waals surface area contributed by atoms with Gasteiger partial charge in [-0.15, -0.1) is 6.42 Å². The Kier molecular flexibility index (Phi) is 6.20. The van der Waals surface area contributed by atoms with Crippen LogP contribution in [-0.4, -0.2) is 66.2 Å². The average Bonchev–Trinajstić information content (AvgIpc) is 2.24. The van der Waals surface area contributed by atoms with Gasteiger partial charge in [0.1, 0.15) is 6.54 Å². The van der Waals surface area contributed by atoms with Crippen LogP contribution in [0.5, 0.6) is 0 Å². The van der Waals surface area contributed by atoms with Crippen molar-refractivity contribution in [3.63, 3.8) is 0 Å². The van der Waals surface area contributed by atoms with E-state index >= 15 is 0 Å². The van der Waals surface area contributed by atoms with Crippen LogP contribution in [0.1, 0.15) is 13.8 Å². The summed E-state index contributed by atoms with van der Waals surface area (Å²) >= 11 is 0. The maximum atomic E-state index is 11.8. The highest BCUT2D eigenvalue weighted by molar-refractivity contribution is 5.80. The molecule has 0 saturated carbocycles. The third kappa shape index (κ3) is 5.55. The van der Waals surface area contributed by atoms with Crippen molar-refractivity contribution in [1.82, 2.24) is 15.1 Å². The van der Waals surface area contributed by atoms with E-state index < -0.39 is 18.5 Å². The molecule has 0 fully saturated rings. The lowest BCUT2D eigenvalue weighted by Crippen LogP contribution is -2.51. The minimum atomic E-state index is -1.09. The van der Waals surface area contributed by atoms with Gasteiger partial charge < -0.3 is 20.2 Å². The molecule has 0 aliphatic carbocycles. The fourth-order valence-corrected chi connectivity index (χ4v) is 1.03. The molecule has 2 N–H and O–H groups in total. The van der Waals surface area contributed by atoms with Crippen LogP contribution in [0.2, 0.25) is 0 Å². The van der Waals surface area contributed by atoms with Crippen molar-refractivity contribution in [3.05, 3.63) is 0 Å². The Hall–Kier alpha value is -1.74. The normalized spacial score (nSPS) is 10.9. The van der Waals surface area contributed by atoms with Crippen molar-refractivity contribution in [2.75, 3.05) is 33.7 Å². The first kappa shape index (κ1) is 16.3. The molecule has 2 amide bonds. The molecule has 0 aliphatic rings. The standard InChI is InChI=1S/C12H21N3O3/c1-6-7-15(8-10(16)17)11(18)13-9-12(2,3)14(4)5/h1H,7-9H2,2-5H3,(H,13,18)(H,16,17). The third-order valence-electron chi connectivity index (χ3n) is 2.78. The van der Waals surface area contributed by atoms with E-state index in [0.29, 0.717) is 6.54 Å². The van der Waals surface area contributed by atoms with Gasteiger partial charge in [0, 0.05) is 12.1 Å². The summed E-state index contributed by atoms with van der Waals surface area (Å²) in [6.45, 7) is 3.91. The molecule has 0 heterocycles. The summed E-state index contributed by atoms with van der Waals surface area (Å²) in [6, 6.07) is -0.467. The Labute approximate surface area is 108 Å². The van der Waals surface area contributed by atoms with Gasteiger partial charge in [-0.1, -0.05) is 5.92 Å². The molecular weight excluding hydrogens is 234 g/mol. The van der Waals surface area contributed by atoms with E-state index in [-0.39, 0.29) is 12.1 Å². The molecule has 0 aliphatic heterocycles. The SMILES string of the molecule is C#CCN(CC(=O)O)C(=O)NCC(C)(C)N(C)C. The van der Waals surface area contributed by atoms with Crippen molar-refractivity contribution in [1.29, 1.82) is 0 Å². The van der Waals surface area contributed by atoms with Crippen LogP contribution in [0.25, 0.3) is 0 Å². The highest BCUT2D eigenvalue weighted by Gasteiger charge is 2.23. The average molecular weight is 255 g/mol. The molecule has 0 unspecified atom stereocenters. The Morgan fingerprint density at radius 1 is 1.39 bits per heavy atom. The van der Waals surface area contributed by atoms with Gasteiger partial charge in [0.15, 0.2) is 0 Å². The third-order valence-corrected chi connectivity index (χ3v) is 2.78. The number of hydrogen-bond donors (Lipinski definition) is 2. The summed E-state index contributed by atoms with van der Waals surface area (Å²) in [7, 11) is 3.81. The number of aliphatic carboxylic acids is 1. The number of nitrogens with zero attached hydrogens (tertiary/aromatic N) is 2. The monoisotopic (exact) mass is 255 g/mol. The first-order valence-electron chi connectivity index (χ1n) is 5.56. The Morgan fingerprint density at radius 3 is 2.33 bits per heavy atom. The van der Waals surface area contributed by atoms with Crippen LogP contribution in [0.3, 0.4) is 0 Å². The van der Waals surface area contributed by atoms with E-state index in [2.05, 4.69) is 11.2 Å². The molecule has 0 atom stereocenters. The first-order valence-corrected chi connectivity index (χ1v) is 5.56. The number of carboxylic acid groups (broad SMARTS) is 1. The van der Waals surface area contributed by atoms with E-state index in [4.69, 9.17) is 11.5 Å². The number of urea groups is 1. The van der Waals surface area contributed by atoms with Gasteiger partial charge in [-0.3, -0.25) is 4.79 Å². The van der Waals surface area contributed by atoms with Crippen molar-refractivity contribution >= 4 is 12.0 Å². The Bertz CT molecular complexity index is 345. The quantitative estimate of drug-likeness (QED) is 0.658. The Balaban J connectivity index is 4.44. The molecule has 0 bridgehead atoms. The van der Waals surface area contributed by atoms with E-state index in [1.165, 1.54) is 0 Å². The van der Waals surface area contributed by atoms with Gasteiger partial charge in [-0.2, -0.15) is 0 Å². The number of likely N-dealkylation sites (N-methyl/N-ethyl adjacent to an activating group) is 1. The van der Waals surface area contributed by atoms with Gasteiger partial charge in [-0.25, -0.2) is 4.79 Å². The second kappa shape index (κ2) is 6.87. The predicted octanol–water partition coefficient (Wildman–Crippen LogP) is 0.0560. The van der Waals surface area contributed by atoms with Crippen molar-refractivity contribution < 1.29 is 14.7 Å². The van der Waals surface area contributed by atoms with Crippen LogP contribution in [0.15, 0.2) is 0 Å². The lowest BCUT2D eigenvalue weighted by Gasteiger charge is -2.33. The van der Waals surface area contributed by atoms with E-state index in [0.717, 1.165) is 4.90 Å². The zero-order chi connectivity index (χ0) is 14.3. The largest absolute Gasteiger partial charge is 0.480 e. The fraction of sp³-hybridized carbons (Fsp3) is 0.667. The Morgan fingerprint density at radius 2 is 1.94 bits per heavy atom. The fourth-order valence-electron chi connectivity index (χ4n) is 1.03. The van der Waals surface area contributed by atoms with Gasteiger partial charge in [-0.05, 0) is 27.9 Å². The summed E-state index contributed by atoms with van der Waals surface area (Å²) in [5.41, 5.74) is -0.222. The maximum absolute atomic E-state index is 11.8. The van der Waals surface area contributed by atoms with Crippen LogP contribution < -0.4 is 5.32 Å². The van der Waals surface area contributed by atoms with Gasteiger partial charge in [0.2, 0.25) is 0 Å². The summed E-state index contributed by atoms with van der Waals surface area (Å²) in [5, 5.41) is 11.4. The van der Waals surface area contributed by atoms with Gasteiger partial charge >= 0.3 is 12.0 Å². The van der Waals surface area contributed by atoms with E-state index in [1.54, 1.807) is 0 Å². The molecule has 6 heteroatoms. The smallest absolute Gasteiger partial charge is 0.323 e. The highest BCUT2D eigenvalue weighted by atomic mass is 16.4. The zero-order valence-electron chi connectivity index (χ0n) is 11.4. The molecule has 0 spiro atoms. The van der Waals surface area contributed by atoms with Gasteiger partial charge in [0.05, 0.1) is 6.54 Å². The molecule has 102 valence electrons. The maximum Gasteiger partial charge on any atom is 0.323 e. The minimum absolute atomic E-state index is 0.0273. The number of carbonyl (C=O) groups is 2. The molecule has 0 rings (SSSR count). The number of hydrogen-bond acceptors (Lipinski definition) is 3. The summed E-state index contributed by atoms with van der Waals surface area (Å²) in [4.78, 5) is 25.4. The number of terminal acetylenes is 1. The molecule has 0 aromatic heterocycles. The first-order chi connectivity index (χ1) is 8.20. The predicted molar refractivity (Wildman–Crippen MR) is 69.2 cm³/mol.